The second-order valence-electron chi connectivity index (χ2n) is 9.62. The summed E-state index contributed by atoms with van der Waals surface area (Å²) in [5, 5.41) is 2.84. The van der Waals surface area contributed by atoms with Crippen LogP contribution in [0.4, 0.5) is 0 Å². The van der Waals surface area contributed by atoms with E-state index in [0.717, 1.165) is 29.5 Å². The normalized spacial score (nSPS) is 19.6. The molecule has 1 N–H and O–H groups in total. The molecule has 2 amide bonds. The quantitative estimate of drug-likeness (QED) is 0.622. The number of carbonyl (C=O) groups excluding carboxylic acids is 2. The van der Waals surface area contributed by atoms with Gasteiger partial charge in [-0.2, -0.15) is 0 Å². The first-order valence-corrected chi connectivity index (χ1v) is 13.7. The summed E-state index contributed by atoms with van der Waals surface area (Å²) in [7, 11) is -3.23. The average molecular weight is 499 g/mol. The van der Waals surface area contributed by atoms with Gasteiger partial charge in [0.1, 0.15) is 11.3 Å². The summed E-state index contributed by atoms with van der Waals surface area (Å²) in [5.74, 6) is -0.400. The van der Waals surface area contributed by atoms with Gasteiger partial charge in [-0.25, -0.2) is 12.7 Å². The molecule has 1 saturated carbocycles. The van der Waals surface area contributed by atoms with Crippen molar-refractivity contribution in [1.82, 2.24) is 19.1 Å². The van der Waals surface area contributed by atoms with E-state index in [0.29, 0.717) is 31.7 Å². The zero-order valence-electron chi connectivity index (χ0n) is 19.8. The van der Waals surface area contributed by atoms with Crippen molar-refractivity contribution in [3.63, 3.8) is 0 Å². The van der Waals surface area contributed by atoms with Gasteiger partial charge in [0.25, 0.3) is 17.4 Å². The molecule has 10 heteroatoms. The number of hydrogen-bond donors (Lipinski definition) is 1. The maximum Gasteiger partial charge on any atom is 0.270 e. The van der Waals surface area contributed by atoms with Gasteiger partial charge in [-0.05, 0) is 49.3 Å². The third kappa shape index (κ3) is 4.77. The number of rotatable bonds is 7. The van der Waals surface area contributed by atoms with E-state index < -0.39 is 21.5 Å². The van der Waals surface area contributed by atoms with E-state index in [2.05, 4.69) is 5.32 Å². The van der Waals surface area contributed by atoms with E-state index in [4.69, 9.17) is 0 Å². The molecule has 1 aromatic carbocycles. The summed E-state index contributed by atoms with van der Waals surface area (Å²) in [4.78, 5) is 41.3. The molecule has 5 rings (SSSR count). The molecule has 1 aliphatic carbocycles. The van der Waals surface area contributed by atoms with Gasteiger partial charge in [-0.1, -0.05) is 29.8 Å². The molecule has 0 atom stereocenters. The molecule has 0 spiro atoms. The predicted octanol–water partition coefficient (Wildman–Crippen LogP) is 1.46. The number of nitrogens with one attached hydrogen (secondary N) is 1. The van der Waals surface area contributed by atoms with E-state index in [-0.39, 0.29) is 42.8 Å². The topological polar surface area (TPSA) is 109 Å². The monoisotopic (exact) mass is 498 g/mol. The predicted molar refractivity (Wildman–Crippen MR) is 131 cm³/mol. The van der Waals surface area contributed by atoms with Crippen molar-refractivity contribution < 1.29 is 18.0 Å². The van der Waals surface area contributed by atoms with Crippen LogP contribution in [0.25, 0.3) is 0 Å². The minimum atomic E-state index is -3.23. The van der Waals surface area contributed by atoms with Crippen molar-refractivity contribution in [2.24, 2.45) is 0 Å². The van der Waals surface area contributed by atoms with E-state index in [1.54, 1.807) is 11.0 Å². The molecule has 0 bridgehead atoms. The summed E-state index contributed by atoms with van der Waals surface area (Å²) < 4.78 is 27.1. The summed E-state index contributed by atoms with van der Waals surface area (Å²) in [6, 6.07) is 9.41. The number of sulfonamides is 1. The molecule has 2 fully saturated rings. The van der Waals surface area contributed by atoms with Gasteiger partial charge in [0.2, 0.25) is 10.0 Å². The Labute approximate surface area is 204 Å². The fraction of sp³-hybridized carbons (Fsp3) is 0.480. The number of aromatic nitrogens is 1. The lowest BCUT2D eigenvalue weighted by molar-refractivity contribution is 0.0689. The molecular weight excluding hydrogens is 468 g/mol. The van der Waals surface area contributed by atoms with Crippen LogP contribution in [0.2, 0.25) is 0 Å². The molecular formula is C25H30N4O5S. The largest absolute Gasteiger partial charge is 0.348 e. The molecule has 1 aromatic heterocycles. The third-order valence-electron chi connectivity index (χ3n) is 7.06. The number of amides is 2. The van der Waals surface area contributed by atoms with Crippen molar-refractivity contribution in [3.05, 3.63) is 68.6 Å². The minimum absolute atomic E-state index is 0.0622. The summed E-state index contributed by atoms with van der Waals surface area (Å²) >= 11 is 0. The van der Waals surface area contributed by atoms with Crippen LogP contribution in [0.15, 0.2) is 35.1 Å². The number of nitrogens with zero attached hydrogens (tertiary/aromatic N) is 3. The van der Waals surface area contributed by atoms with Gasteiger partial charge in [-0.3, -0.25) is 14.4 Å². The number of benzene rings is 1. The van der Waals surface area contributed by atoms with Crippen LogP contribution in [0.3, 0.4) is 0 Å². The second kappa shape index (κ2) is 9.23. The van der Waals surface area contributed by atoms with Crippen molar-refractivity contribution >= 4 is 21.8 Å². The van der Waals surface area contributed by atoms with Crippen LogP contribution in [-0.4, -0.2) is 65.9 Å². The van der Waals surface area contributed by atoms with Gasteiger partial charge in [0, 0.05) is 39.3 Å². The number of carbonyl (C=O) groups is 2. The first-order chi connectivity index (χ1) is 16.7. The van der Waals surface area contributed by atoms with Crippen LogP contribution < -0.4 is 10.9 Å². The highest BCUT2D eigenvalue weighted by atomic mass is 32.2. The molecule has 0 unspecified atom stereocenters. The molecule has 0 radical (unpaired) electrons. The highest BCUT2D eigenvalue weighted by molar-refractivity contribution is 7.89. The number of aryl methyl sites for hydroxylation is 1. The summed E-state index contributed by atoms with van der Waals surface area (Å²) in [6.45, 7) is 3.92. The highest BCUT2D eigenvalue weighted by Crippen LogP contribution is 2.42. The molecule has 186 valence electrons. The summed E-state index contributed by atoms with van der Waals surface area (Å²) in [6.07, 6.45) is 2.43. The average Bonchev–Trinajstić information content (AvgIpc) is 3.62. The summed E-state index contributed by atoms with van der Waals surface area (Å²) in [5.41, 5.74) is 2.77. The van der Waals surface area contributed by atoms with E-state index in [1.165, 1.54) is 8.87 Å². The highest BCUT2D eigenvalue weighted by Gasteiger charge is 2.37. The lowest BCUT2D eigenvalue weighted by Gasteiger charge is -2.32. The Balaban J connectivity index is 1.37. The van der Waals surface area contributed by atoms with Gasteiger partial charge < -0.3 is 14.8 Å². The van der Waals surface area contributed by atoms with Gasteiger partial charge in [0.05, 0.1) is 5.75 Å². The molecule has 35 heavy (non-hydrogen) atoms. The Morgan fingerprint density at radius 3 is 2.46 bits per heavy atom. The van der Waals surface area contributed by atoms with E-state index >= 15 is 0 Å². The molecule has 3 heterocycles. The van der Waals surface area contributed by atoms with Gasteiger partial charge in [-0.15, -0.1) is 0 Å². The SMILES string of the molecule is Cc1ccc(CNC(=O)c2cc(C3CC3)c3n(c2=O)CCN(CCN2CCCS2(=O)=O)C3=O)cc1. The second-order valence-corrected chi connectivity index (χ2v) is 11.7. The van der Waals surface area contributed by atoms with Crippen LogP contribution in [0.1, 0.15) is 62.7 Å². The fourth-order valence-corrected chi connectivity index (χ4v) is 6.37. The fourth-order valence-electron chi connectivity index (χ4n) is 4.85. The first kappa shape index (κ1) is 23.7. The lowest BCUT2D eigenvalue weighted by Crippen LogP contribution is -2.49. The first-order valence-electron chi connectivity index (χ1n) is 12.1. The number of fused-ring (bicyclic) bond motifs is 1. The zero-order chi connectivity index (χ0) is 24.7. The molecule has 2 aliphatic heterocycles. The van der Waals surface area contributed by atoms with Crippen LogP contribution in [-0.2, 0) is 23.1 Å². The maximum atomic E-state index is 13.4. The minimum Gasteiger partial charge on any atom is -0.348 e. The van der Waals surface area contributed by atoms with E-state index in [9.17, 15) is 22.8 Å². The van der Waals surface area contributed by atoms with Crippen molar-refractivity contribution in [1.29, 1.82) is 0 Å². The van der Waals surface area contributed by atoms with Crippen molar-refractivity contribution in [2.75, 3.05) is 31.9 Å². The lowest BCUT2D eigenvalue weighted by atomic mass is 10.0. The van der Waals surface area contributed by atoms with Crippen LogP contribution >= 0.6 is 0 Å². The van der Waals surface area contributed by atoms with Gasteiger partial charge >= 0.3 is 0 Å². The molecule has 9 nitrogen and oxygen atoms in total. The molecule has 3 aliphatic rings. The zero-order valence-corrected chi connectivity index (χ0v) is 20.6. The Morgan fingerprint density at radius 2 is 1.80 bits per heavy atom. The number of hydrogen-bond acceptors (Lipinski definition) is 5. The number of pyridine rings is 1. The Hall–Kier alpha value is -2.98. The van der Waals surface area contributed by atoms with Crippen molar-refractivity contribution in [2.45, 2.75) is 45.2 Å². The van der Waals surface area contributed by atoms with Gasteiger partial charge in [0.15, 0.2) is 0 Å². The smallest absolute Gasteiger partial charge is 0.270 e. The Kier molecular flexibility index (Phi) is 6.27. The molecule has 1 saturated heterocycles. The van der Waals surface area contributed by atoms with E-state index in [1.807, 2.05) is 31.2 Å². The third-order valence-corrected chi connectivity index (χ3v) is 9.02. The van der Waals surface area contributed by atoms with Crippen LogP contribution in [0, 0.1) is 6.92 Å². The van der Waals surface area contributed by atoms with Crippen molar-refractivity contribution in [3.8, 4) is 0 Å². The standard InChI is InChI=1S/C25H30N4O5S/c1-17-3-5-18(6-4-17)16-26-23(30)21-15-20(19-7-8-19)22-25(32)27(11-13-29(22)24(21)31)10-12-28-9-2-14-35(28,33)34/h3-6,15,19H,2,7-14,16H2,1H3,(H,26,30). The Bertz CT molecular complexity index is 1330. The Morgan fingerprint density at radius 1 is 1.06 bits per heavy atom. The van der Waals surface area contributed by atoms with Crippen LogP contribution in [0.5, 0.6) is 0 Å². The maximum absolute atomic E-state index is 13.4. The molecule has 2 aromatic rings.